The average molecular weight is 324 g/mol. The first-order valence-corrected chi connectivity index (χ1v) is 8.45. The van der Waals surface area contributed by atoms with Gasteiger partial charge in [-0.2, -0.15) is 0 Å². The Morgan fingerprint density at radius 2 is 0.957 bits per heavy atom. The molecule has 2 unspecified atom stereocenters. The van der Waals surface area contributed by atoms with Crippen molar-refractivity contribution in [3.63, 3.8) is 0 Å². The highest BCUT2D eigenvalue weighted by atomic mass is 32.1. The highest BCUT2D eigenvalue weighted by molar-refractivity contribution is 7.12. The summed E-state index contributed by atoms with van der Waals surface area (Å²) in [5.41, 5.74) is 4.08. The molecule has 3 rings (SSSR count). The van der Waals surface area contributed by atoms with E-state index in [0.717, 1.165) is 20.9 Å². The van der Waals surface area contributed by atoms with E-state index in [1.54, 1.807) is 0 Å². The minimum atomic E-state index is -0.653. The van der Waals surface area contributed by atoms with Crippen molar-refractivity contribution < 1.29 is 10.2 Å². The Morgan fingerprint density at radius 1 is 0.609 bits per heavy atom. The number of hydrogen-bond donors (Lipinski definition) is 2. The van der Waals surface area contributed by atoms with Crippen molar-refractivity contribution in [3.8, 4) is 0 Å². The van der Waals surface area contributed by atoms with Crippen LogP contribution >= 0.6 is 11.3 Å². The Hall–Kier alpha value is -1.94. The summed E-state index contributed by atoms with van der Waals surface area (Å²) < 4.78 is 0. The molecule has 0 radical (unpaired) electrons. The van der Waals surface area contributed by atoms with Gasteiger partial charge in [0.1, 0.15) is 12.2 Å². The van der Waals surface area contributed by atoms with Crippen LogP contribution in [0.25, 0.3) is 0 Å². The van der Waals surface area contributed by atoms with Crippen molar-refractivity contribution in [1.29, 1.82) is 0 Å². The molecule has 3 aromatic rings. The number of aryl methyl sites for hydroxylation is 2. The third-order valence-corrected chi connectivity index (χ3v) is 5.16. The number of hydrogen-bond acceptors (Lipinski definition) is 3. The van der Waals surface area contributed by atoms with Gasteiger partial charge < -0.3 is 10.2 Å². The van der Waals surface area contributed by atoms with E-state index in [4.69, 9.17) is 0 Å². The smallest absolute Gasteiger partial charge is 0.113 e. The number of aliphatic hydroxyl groups is 2. The van der Waals surface area contributed by atoms with Crippen molar-refractivity contribution in [3.05, 3.63) is 92.7 Å². The Kier molecular flexibility index (Phi) is 4.62. The average Bonchev–Trinajstić information content (AvgIpc) is 3.05. The van der Waals surface area contributed by atoms with Crippen LogP contribution in [0, 0.1) is 13.8 Å². The maximum atomic E-state index is 10.5. The van der Waals surface area contributed by atoms with Crippen LogP contribution in [0.4, 0.5) is 0 Å². The minimum Gasteiger partial charge on any atom is -0.383 e. The quantitative estimate of drug-likeness (QED) is 0.740. The van der Waals surface area contributed by atoms with Gasteiger partial charge in [-0.25, -0.2) is 0 Å². The molecule has 0 aliphatic carbocycles. The largest absolute Gasteiger partial charge is 0.383 e. The van der Waals surface area contributed by atoms with Crippen molar-refractivity contribution in [2.24, 2.45) is 0 Å². The van der Waals surface area contributed by atoms with Gasteiger partial charge in [-0.05, 0) is 37.1 Å². The predicted molar refractivity (Wildman–Crippen MR) is 94.8 cm³/mol. The second kappa shape index (κ2) is 6.67. The van der Waals surface area contributed by atoms with Crippen LogP contribution in [-0.2, 0) is 0 Å². The molecule has 1 heterocycles. The van der Waals surface area contributed by atoms with Crippen LogP contribution in [-0.4, -0.2) is 10.2 Å². The normalized spacial score (nSPS) is 13.7. The van der Waals surface area contributed by atoms with Crippen molar-refractivity contribution in [1.82, 2.24) is 0 Å². The lowest BCUT2D eigenvalue weighted by atomic mass is 10.1. The van der Waals surface area contributed by atoms with Crippen LogP contribution in [0.1, 0.15) is 44.2 Å². The Morgan fingerprint density at radius 3 is 1.30 bits per heavy atom. The van der Waals surface area contributed by atoms with E-state index < -0.39 is 12.2 Å². The predicted octanol–water partition coefficient (Wildman–Crippen LogP) is 4.53. The van der Waals surface area contributed by atoms with E-state index in [0.29, 0.717) is 0 Å². The molecule has 0 saturated heterocycles. The first kappa shape index (κ1) is 15.9. The SMILES string of the molecule is Cc1ccc(C(O)c2ccc(C(O)c3ccc(C)cc3)s2)cc1. The first-order chi connectivity index (χ1) is 11.0. The van der Waals surface area contributed by atoms with Gasteiger partial charge in [-0.3, -0.25) is 0 Å². The Bertz CT molecular complexity index is 706. The molecule has 2 nitrogen and oxygen atoms in total. The van der Waals surface area contributed by atoms with Gasteiger partial charge >= 0.3 is 0 Å². The topological polar surface area (TPSA) is 40.5 Å². The van der Waals surface area contributed by atoms with Gasteiger partial charge in [0.15, 0.2) is 0 Å². The number of aliphatic hydroxyl groups excluding tert-OH is 2. The Balaban J connectivity index is 1.82. The maximum Gasteiger partial charge on any atom is 0.113 e. The van der Waals surface area contributed by atoms with Gasteiger partial charge in [0.05, 0.1) is 0 Å². The zero-order chi connectivity index (χ0) is 16.4. The summed E-state index contributed by atoms with van der Waals surface area (Å²) in [6.45, 7) is 4.05. The van der Waals surface area contributed by atoms with E-state index in [-0.39, 0.29) is 0 Å². The zero-order valence-electron chi connectivity index (χ0n) is 13.2. The molecule has 2 N–H and O–H groups in total. The van der Waals surface area contributed by atoms with Gasteiger partial charge in [0.25, 0.3) is 0 Å². The molecule has 0 spiro atoms. The molecule has 2 atom stereocenters. The summed E-state index contributed by atoms with van der Waals surface area (Å²) in [5, 5.41) is 21.0. The fourth-order valence-corrected chi connectivity index (χ4v) is 3.53. The molecule has 0 fully saturated rings. The van der Waals surface area contributed by atoms with Crippen LogP contribution in [0.15, 0.2) is 60.7 Å². The second-order valence-electron chi connectivity index (χ2n) is 5.87. The molecule has 2 aromatic carbocycles. The molecule has 118 valence electrons. The fourth-order valence-electron chi connectivity index (χ4n) is 2.49. The molecule has 0 aliphatic heterocycles. The molecule has 3 heteroatoms. The summed E-state index contributed by atoms with van der Waals surface area (Å²) in [6, 6.07) is 19.5. The van der Waals surface area contributed by atoms with E-state index >= 15 is 0 Å². The first-order valence-electron chi connectivity index (χ1n) is 7.63. The van der Waals surface area contributed by atoms with Crippen molar-refractivity contribution >= 4 is 11.3 Å². The standard InChI is InChI=1S/C20H20O2S/c1-13-3-7-15(8-4-13)19(21)17-11-12-18(23-17)20(22)16-9-5-14(2)6-10-16/h3-12,19-22H,1-2H3. The summed E-state index contributed by atoms with van der Waals surface area (Å²) in [5.74, 6) is 0. The molecule has 0 aliphatic rings. The summed E-state index contributed by atoms with van der Waals surface area (Å²) in [4.78, 5) is 1.69. The van der Waals surface area contributed by atoms with Crippen LogP contribution < -0.4 is 0 Å². The third-order valence-electron chi connectivity index (χ3n) is 3.97. The summed E-state index contributed by atoms with van der Waals surface area (Å²) >= 11 is 1.45. The molecule has 1 aromatic heterocycles. The lowest BCUT2D eigenvalue weighted by Crippen LogP contribution is -1.97. The number of thiophene rings is 1. The van der Waals surface area contributed by atoms with Crippen LogP contribution in [0.5, 0.6) is 0 Å². The molecule has 0 amide bonds. The lowest BCUT2D eigenvalue weighted by molar-refractivity contribution is 0.223. The van der Waals surface area contributed by atoms with Crippen molar-refractivity contribution in [2.45, 2.75) is 26.1 Å². The highest BCUT2D eigenvalue weighted by Gasteiger charge is 2.17. The zero-order valence-corrected chi connectivity index (χ0v) is 14.0. The van der Waals surface area contributed by atoms with E-state index in [2.05, 4.69) is 0 Å². The van der Waals surface area contributed by atoms with Crippen molar-refractivity contribution in [2.75, 3.05) is 0 Å². The van der Waals surface area contributed by atoms with E-state index in [9.17, 15) is 10.2 Å². The highest BCUT2D eigenvalue weighted by Crippen LogP contribution is 2.33. The molecular formula is C20H20O2S. The van der Waals surface area contributed by atoms with E-state index in [1.807, 2.05) is 74.5 Å². The van der Waals surface area contributed by atoms with Gasteiger partial charge in [-0.1, -0.05) is 59.7 Å². The Labute approximate surface area is 140 Å². The maximum absolute atomic E-state index is 10.5. The molecule has 0 saturated carbocycles. The van der Waals surface area contributed by atoms with Gasteiger partial charge in [-0.15, -0.1) is 11.3 Å². The van der Waals surface area contributed by atoms with Crippen LogP contribution in [0.2, 0.25) is 0 Å². The molecular weight excluding hydrogens is 304 g/mol. The third kappa shape index (κ3) is 3.53. The van der Waals surface area contributed by atoms with Gasteiger partial charge in [0.2, 0.25) is 0 Å². The summed E-state index contributed by atoms with van der Waals surface area (Å²) in [6.07, 6.45) is -1.31. The number of rotatable bonds is 4. The molecule has 0 bridgehead atoms. The fraction of sp³-hybridized carbons (Fsp3) is 0.200. The minimum absolute atomic E-state index is 0.653. The van der Waals surface area contributed by atoms with E-state index in [1.165, 1.54) is 22.5 Å². The van der Waals surface area contributed by atoms with Crippen LogP contribution in [0.3, 0.4) is 0 Å². The second-order valence-corrected chi connectivity index (χ2v) is 7.01. The monoisotopic (exact) mass is 324 g/mol. The van der Waals surface area contributed by atoms with Gasteiger partial charge in [0, 0.05) is 9.75 Å². The number of benzene rings is 2. The summed E-state index contributed by atoms with van der Waals surface area (Å²) in [7, 11) is 0. The lowest BCUT2D eigenvalue weighted by Gasteiger charge is -2.11. The molecule has 23 heavy (non-hydrogen) atoms.